The van der Waals surface area contributed by atoms with Crippen LogP contribution in [0.3, 0.4) is 0 Å². The predicted molar refractivity (Wildman–Crippen MR) is 106 cm³/mol. The molecule has 1 spiro atoms. The molecule has 5 rings (SSSR count). The van der Waals surface area contributed by atoms with Gasteiger partial charge in [-0.2, -0.15) is 5.10 Å². The summed E-state index contributed by atoms with van der Waals surface area (Å²) < 4.78 is 15.1. The minimum absolute atomic E-state index is 0.0534. The third kappa shape index (κ3) is 3.06. The van der Waals surface area contributed by atoms with Crippen molar-refractivity contribution in [1.29, 1.82) is 0 Å². The van der Waals surface area contributed by atoms with Gasteiger partial charge in [-0.25, -0.2) is 14.4 Å². The van der Waals surface area contributed by atoms with E-state index in [1.165, 1.54) is 23.9 Å². The summed E-state index contributed by atoms with van der Waals surface area (Å²) >= 11 is 1.48. The third-order valence-electron chi connectivity index (χ3n) is 5.93. The van der Waals surface area contributed by atoms with E-state index in [0.29, 0.717) is 0 Å². The molecule has 0 radical (unpaired) electrons. The van der Waals surface area contributed by atoms with Gasteiger partial charge in [0.05, 0.1) is 24.1 Å². The van der Waals surface area contributed by atoms with Gasteiger partial charge in [-0.1, -0.05) is 11.8 Å². The highest BCUT2D eigenvalue weighted by molar-refractivity contribution is 7.99. The number of piperidine rings is 1. The summed E-state index contributed by atoms with van der Waals surface area (Å²) in [5.41, 5.74) is 7.81. The molecule has 6 nitrogen and oxygen atoms in total. The van der Waals surface area contributed by atoms with E-state index in [0.717, 1.165) is 53.9 Å². The fourth-order valence-electron chi connectivity index (χ4n) is 4.25. The molecular formula is C20H21FN6S. The van der Waals surface area contributed by atoms with Crippen molar-refractivity contribution in [3.63, 3.8) is 0 Å². The van der Waals surface area contributed by atoms with Gasteiger partial charge in [0, 0.05) is 36.1 Å². The van der Waals surface area contributed by atoms with Crippen LogP contribution in [0, 0.1) is 11.2 Å². The highest BCUT2D eigenvalue weighted by atomic mass is 32.2. The summed E-state index contributed by atoms with van der Waals surface area (Å²) in [5, 5.41) is 5.20. The molecule has 0 aliphatic carbocycles. The lowest BCUT2D eigenvalue weighted by Crippen LogP contribution is -2.45. The van der Waals surface area contributed by atoms with E-state index in [1.54, 1.807) is 18.3 Å². The molecule has 2 aliphatic rings. The number of aromatic nitrogens is 4. The third-order valence-corrected chi connectivity index (χ3v) is 6.85. The first-order valence-electron chi connectivity index (χ1n) is 9.41. The van der Waals surface area contributed by atoms with Crippen LogP contribution in [0.2, 0.25) is 0 Å². The number of fused-ring (bicyclic) bond motifs is 1. The zero-order chi connectivity index (χ0) is 19.1. The Hall–Kier alpha value is -2.45. The molecule has 0 amide bonds. The summed E-state index contributed by atoms with van der Waals surface area (Å²) in [6.07, 6.45) is 7.48. The van der Waals surface area contributed by atoms with Gasteiger partial charge in [0.25, 0.3) is 0 Å². The Morgan fingerprint density at radius 2 is 1.86 bits per heavy atom. The molecule has 1 atom stereocenters. The summed E-state index contributed by atoms with van der Waals surface area (Å²) in [4.78, 5) is 12.3. The van der Waals surface area contributed by atoms with E-state index in [2.05, 4.69) is 24.6 Å². The smallest absolute Gasteiger partial charge is 0.147 e. The number of halogens is 1. The van der Waals surface area contributed by atoms with Gasteiger partial charge in [-0.05, 0) is 43.2 Å². The summed E-state index contributed by atoms with van der Waals surface area (Å²) in [5.74, 6) is 0.654. The van der Waals surface area contributed by atoms with Crippen molar-refractivity contribution >= 4 is 17.6 Å². The van der Waals surface area contributed by atoms with Crippen molar-refractivity contribution in [2.24, 2.45) is 11.1 Å². The van der Waals surface area contributed by atoms with Crippen LogP contribution >= 0.6 is 11.8 Å². The second-order valence-electron chi connectivity index (χ2n) is 7.51. The van der Waals surface area contributed by atoms with Gasteiger partial charge in [0.15, 0.2) is 0 Å². The molecule has 1 aromatic carbocycles. The van der Waals surface area contributed by atoms with Crippen LogP contribution in [0.4, 0.5) is 10.2 Å². The number of hydrogen-bond acceptors (Lipinski definition) is 6. The van der Waals surface area contributed by atoms with E-state index >= 15 is 0 Å². The van der Waals surface area contributed by atoms with Crippen LogP contribution in [0.1, 0.15) is 24.6 Å². The lowest BCUT2D eigenvalue weighted by Gasteiger charge is -2.41. The molecule has 144 valence electrons. The van der Waals surface area contributed by atoms with Gasteiger partial charge in [0.2, 0.25) is 0 Å². The molecule has 28 heavy (non-hydrogen) atoms. The van der Waals surface area contributed by atoms with Crippen molar-refractivity contribution in [2.45, 2.75) is 35.3 Å². The summed E-state index contributed by atoms with van der Waals surface area (Å²) in [7, 11) is 0. The van der Waals surface area contributed by atoms with Gasteiger partial charge < -0.3 is 10.6 Å². The molecule has 3 aromatic rings. The van der Waals surface area contributed by atoms with Gasteiger partial charge >= 0.3 is 0 Å². The first kappa shape index (κ1) is 17.6. The molecule has 2 N–H and O–H groups in total. The maximum absolute atomic E-state index is 13.0. The largest absolute Gasteiger partial charge is 0.355 e. The monoisotopic (exact) mass is 396 g/mol. The van der Waals surface area contributed by atoms with Crippen molar-refractivity contribution in [3.8, 4) is 0 Å². The highest BCUT2D eigenvalue weighted by Gasteiger charge is 2.46. The van der Waals surface area contributed by atoms with Crippen molar-refractivity contribution in [2.75, 3.05) is 18.0 Å². The maximum atomic E-state index is 13.0. The molecule has 1 fully saturated rings. The van der Waals surface area contributed by atoms with E-state index in [9.17, 15) is 4.39 Å². The van der Waals surface area contributed by atoms with Crippen LogP contribution in [0.5, 0.6) is 0 Å². The summed E-state index contributed by atoms with van der Waals surface area (Å²) in [6, 6.07) is 8.48. The Balaban J connectivity index is 1.23. The van der Waals surface area contributed by atoms with E-state index < -0.39 is 0 Å². The quantitative estimate of drug-likeness (QED) is 0.733. The zero-order valence-electron chi connectivity index (χ0n) is 15.3. The molecule has 8 heteroatoms. The molecule has 2 aromatic heterocycles. The highest BCUT2D eigenvalue weighted by Crippen LogP contribution is 2.47. The van der Waals surface area contributed by atoms with Crippen LogP contribution < -0.4 is 10.6 Å². The van der Waals surface area contributed by atoms with E-state index in [1.807, 2.05) is 18.5 Å². The van der Waals surface area contributed by atoms with Gasteiger partial charge in [0.1, 0.15) is 16.7 Å². The predicted octanol–water partition coefficient (Wildman–Crippen LogP) is 3.26. The van der Waals surface area contributed by atoms with Gasteiger partial charge in [-0.3, -0.25) is 4.68 Å². The molecule has 2 aliphatic heterocycles. The minimum Gasteiger partial charge on any atom is -0.355 e. The number of rotatable bonds is 3. The lowest BCUT2D eigenvalue weighted by molar-refractivity contribution is 0.170. The number of benzene rings is 1. The molecule has 1 saturated heterocycles. The van der Waals surface area contributed by atoms with Crippen molar-refractivity contribution < 1.29 is 4.39 Å². The van der Waals surface area contributed by atoms with Crippen LogP contribution in [0.15, 0.2) is 58.8 Å². The molecule has 4 heterocycles. The minimum atomic E-state index is -0.237. The number of anilines is 1. The SMILES string of the molecule is NC1c2ccnn2CC12CCN(c1cnc(Sc3ccc(F)cc3)cn1)CC2. The van der Waals surface area contributed by atoms with E-state index in [4.69, 9.17) is 5.73 Å². The first-order chi connectivity index (χ1) is 13.6. The van der Waals surface area contributed by atoms with E-state index in [-0.39, 0.29) is 17.3 Å². The fraction of sp³-hybridized carbons (Fsp3) is 0.350. The summed E-state index contributed by atoms with van der Waals surface area (Å²) in [6.45, 7) is 2.73. The fourth-order valence-corrected chi connectivity index (χ4v) is 4.97. The second kappa shape index (κ2) is 6.86. The van der Waals surface area contributed by atoms with Crippen LogP contribution in [0.25, 0.3) is 0 Å². The second-order valence-corrected chi connectivity index (χ2v) is 8.60. The molecule has 0 bridgehead atoms. The first-order valence-corrected chi connectivity index (χ1v) is 10.2. The molecule has 0 saturated carbocycles. The zero-order valence-corrected chi connectivity index (χ0v) is 16.1. The van der Waals surface area contributed by atoms with Gasteiger partial charge in [-0.15, -0.1) is 0 Å². The molecule has 1 unspecified atom stereocenters. The Morgan fingerprint density at radius 3 is 2.54 bits per heavy atom. The van der Waals surface area contributed by atoms with Crippen LogP contribution in [-0.2, 0) is 6.54 Å². The van der Waals surface area contributed by atoms with Crippen molar-refractivity contribution in [3.05, 3.63) is 60.4 Å². The Bertz CT molecular complexity index is 963. The topological polar surface area (TPSA) is 72.9 Å². The lowest BCUT2D eigenvalue weighted by atomic mass is 9.73. The average molecular weight is 396 g/mol. The maximum Gasteiger partial charge on any atom is 0.147 e. The number of hydrogen-bond donors (Lipinski definition) is 1. The number of nitrogens with zero attached hydrogens (tertiary/aromatic N) is 5. The molecular weight excluding hydrogens is 375 g/mol. The Morgan fingerprint density at radius 1 is 1.07 bits per heavy atom. The Labute approximate surface area is 167 Å². The Kier molecular flexibility index (Phi) is 4.32. The van der Waals surface area contributed by atoms with Crippen LogP contribution in [-0.4, -0.2) is 32.8 Å². The normalized spacial score (nSPS) is 20.5. The van der Waals surface area contributed by atoms with Crippen molar-refractivity contribution in [1.82, 2.24) is 19.7 Å². The number of nitrogens with two attached hydrogens (primary N) is 1. The average Bonchev–Trinajstić information content (AvgIpc) is 3.27. The standard InChI is InChI=1S/C20H21FN6S/c21-14-1-3-15(4-2-14)28-18-12-23-17(11-24-18)26-9-6-20(7-10-26)13-27-16(19(20)22)5-8-25-27/h1-5,8,11-12,19H,6-7,9-10,13,22H2.